The van der Waals surface area contributed by atoms with Gasteiger partial charge < -0.3 is 99.2 Å². The lowest BCUT2D eigenvalue weighted by molar-refractivity contribution is -0.385. The van der Waals surface area contributed by atoms with Gasteiger partial charge in [-0.2, -0.15) is 0 Å². The van der Waals surface area contributed by atoms with E-state index < -0.39 is 143 Å². The van der Waals surface area contributed by atoms with E-state index in [1.165, 1.54) is 7.11 Å². The predicted octanol–water partition coefficient (Wildman–Crippen LogP) is -8.46. The first-order valence-corrected chi connectivity index (χ1v) is 13.9. The Balaban J connectivity index is 1.53. The molecule has 12 N–H and O–H groups in total. The van der Waals surface area contributed by atoms with Crippen molar-refractivity contribution in [2.45, 2.75) is 117 Å². The molecule has 0 spiro atoms. The van der Waals surface area contributed by atoms with Crippen LogP contribution < -0.4 is 0 Å². The van der Waals surface area contributed by atoms with Gasteiger partial charge >= 0.3 is 0 Å². The summed E-state index contributed by atoms with van der Waals surface area (Å²) in [5.74, 6) is 0. The molecule has 0 amide bonds. The van der Waals surface area contributed by atoms with Gasteiger partial charge in [0.05, 0.1) is 26.4 Å². The maximum atomic E-state index is 11.3. The molecule has 4 saturated heterocycles. The number of ether oxygens (including phenoxy) is 8. The number of methoxy groups -OCH3 is 1. The van der Waals surface area contributed by atoms with E-state index in [4.69, 9.17) is 37.9 Å². The van der Waals surface area contributed by atoms with E-state index in [9.17, 15) is 61.3 Å². The second-order valence-corrected chi connectivity index (χ2v) is 10.9. The Bertz CT molecular complexity index is 885. The Morgan fingerprint density at radius 1 is 0.545 bits per heavy atom. The van der Waals surface area contributed by atoms with Gasteiger partial charge in [0.15, 0.2) is 25.2 Å². The van der Waals surface area contributed by atoms with Gasteiger partial charge in [-0.25, -0.2) is 0 Å². The van der Waals surface area contributed by atoms with E-state index in [2.05, 4.69) is 0 Å². The molecule has 20 heteroatoms. The number of rotatable bonds is 10. The van der Waals surface area contributed by atoms with Crippen molar-refractivity contribution in [1.82, 2.24) is 0 Å². The van der Waals surface area contributed by atoms with Crippen molar-refractivity contribution >= 4 is 0 Å². The lowest BCUT2D eigenvalue weighted by Gasteiger charge is -2.48. The van der Waals surface area contributed by atoms with Gasteiger partial charge in [0.1, 0.15) is 91.6 Å². The molecule has 0 aromatic heterocycles. The highest BCUT2D eigenvalue weighted by atomic mass is 16.8. The van der Waals surface area contributed by atoms with Crippen LogP contribution in [0.3, 0.4) is 0 Å². The van der Waals surface area contributed by atoms with Gasteiger partial charge in [0, 0.05) is 7.11 Å². The first-order valence-electron chi connectivity index (χ1n) is 13.9. The summed E-state index contributed by atoms with van der Waals surface area (Å²) in [6, 6.07) is 0. The van der Waals surface area contributed by atoms with Crippen LogP contribution in [-0.2, 0) is 37.9 Å². The van der Waals surface area contributed by atoms with Crippen molar-refractivity contribution in [2.24, 2.45) is 0 Å². The normalized spacial score (nSPS) is 52.2. The van der Waals surface area contributed by atoms with E-state index in [1.54, 1.807) is 0 Å². The highest BCUT2D eigenvalue weighted by Gasteiger charge is 2.54. The standard InChI is InChI=1S/C24H42O20/c1-37-18-12(30)8(3-26)41-23(17(18)35)39-5-9-13(31)19(43-24-16(34)14(32)11(29)7(2-25)42-24)20(21(36)40-9)44-22-15(33)10(28)6(27)4-38-22/h6-36H,2-5H2,1H3/t6-,7-,8-,9-,10+,11-,12-,13-,14+,15-,16+,17+,18+,19+,20+,21?,22+,23+,24-/m1/s1. The number of hydrogen-bond donors (Lipinski definition) is 12. The molecule has 0 aliphatic carbocycles. The van der Waals surface area contributed by atoms with Crippen LogP contribution >= 0.6 is 0 Å². The molecule has 0 aromatic carbocycles. The van der Waals surface area contributed by atoms with Crippen molar-refractivity contribution < 1.29 is 99.2 Å². The summed E-state index contributed by atoms with van der Waals surface area (Å²) in [4.78, 5) is 0. The van der Waals surface area contributed by atoms with Crippen LogP contribution in [0.1, 0.15) is 0 Å². The summed E-state index contributed by atoms with van der Waals surface area (Å²) in [5, 5.41) is 123. The Morgan fingerprint density at radius 2 is 1.11 bits per heavy atom. The third-order valence-corrected chi connectivity index (χ3v) is 8.04. The smallest absolute Gasteiger partial charge is 0.187 e. The summed E-state index contributed by atoms with van der Waals surface area (Å²) in [7, 11) is 1.20. The first-order chi connectivity index (χ1) is 20.8. The zero-order valence-corrected chi connectivity index (χ0v) is 23.4. The highest BCUT2D eigenvalue weighted by molar-refractivity contribution is 4.96. The number of aliphatic hydroxyl groups is 12. The fourth-order valence-corrected chi connectivity index (χ4v) is 5.39. The summed E-state index contributed by atoms with van der Waals surface area (Å²) < 4.78 is 43.3. The Morgan fingerprint density at radius 3 is 1.75 bits per heavy atom. The number of aliphatic hydroxyl groups excluding tert-OH is 12. The van der Waals surface area contributed by atoms with Crippen LogP contribution in [-0.4, -0.2) is 212 Å². The van der Waals surface area contributed by atoms with Crippen molar-refractivity contribution in [1.29, 1.82) is 0 Å². The zero-order valence-electron chi connectivity index (χ0n) is 23.4. The van der Waals surface area contributed by atoms with Gasteiger partial charge in [-0.05, 0) is 0 Å². The molecule has 4 fully saturated rings. The van der Waals surface area contributed by atoms with Gasteiger partial charge in [-0.1, -0.05) is 0 Å². The molecule has 0 radical (unpaired) electrons. The van der Waals surface area contributed by atoms with E-state index in [-0.39, 0.29) is 0 Å². The van der Waals surface area contributed by atoms with Crippen molar-refractivity contribution in [3.05, 3.63) is 0 Å². The first kappa shape index (κ1) is 36.0. The third-order valence-electron chi connectivity index (χ3n) is 8.04. The molecule has 1 unspecified atom stereocenters. The molecular weight excluding hydrogens is 608 g/mol. The monoisotopic (exact) mass is 650 g/mol. The molecule has 4 aliphatic rings. The minimum absolute atomic E-state index is 0.487. The van der Waals surface area contributed by atoms with E-state index >= 15 is 0 Å². The van der Waals surface area contributed by atoms with E-state index in [1.807, 2.05) is 0 Å². The maximum absolute atomic E-state index is 11.3. The lowest BCUT2D eigenvalue weighted by Crippen LogP contribution is -2.66. The molecule has 44 heavy (non-hydrogen) atoms. The van der Waals surface area contributed by atoms with Gasteiger partial charge in [0.25, 0.3) is 0 Å². The molecule has 0 bridgehead atoms. The van der Waals surface area contributed by atoms with Crippen molar-refractivity contribution in [2.75, 3.05) is 33.5 Å². The molecule has 258 valence electrons. The lowest BCUT2D eigenvalue weighted by atomic mass is 9.96. The average Bonchev–Trinajstić information content (AvgIpc) is 3.00. The Labute approximate surface area is 250 Å². The van der Waals surface area contributed by atoms with Crippen LogP contribution in [0.25, 0.3) is 0 Å². The van der Waals surface area contributed by atoms with Gasteiger partial charge in [0.2, 0.25) is 0 Å². The molecule has 4 aliphatic heterocycles. The van der Waals surface area contributed by atoms with Gasteiger partial charge in [-0.3, -0.25) is 0 Å². The fourth-order valence-electron chi connectivity index (χ4n) is 5.39. The predicted molar refractivity (Wildman–Crippen MR) is 133 cm³/mol. The summed E-state index contributed by atoms with van der Waals surface area (Å²) in [6.45, 7) is -2.60. The second-order valence-electron chi connectivity index (χ2n) is 10.9. The number of hydrogen-bond acceptors (Lipinski definition) is 20. The summed E-state index contributed by atoms with van der Waals surface area (Å²) in [6.07, 6.45) is -31.4. The molecule has 4 heterocycles. The fraction of sp³-hybridized carbons (Fsp3) is 1.00. The molecule has 0 saturated carbocycles. The zero-order chi connectivity index (χ0) is 32.5. The van der Waals surface area contributed by atoms with Crippen LogP contribution in [0, 0.1) is 0 Å². The minimum Gasteiger partial charge on any atom is -0.394 e. The Hall–Kier alpha value is -0.800. The van der Waals surface area contributed by atoms with Crippen molar-refractivity contribution in [3.8, 4) is 0 Å². The molecular formula is C24H42O20. The quantitative estimate of drug-likeness (QED) is 0.104. The van der Waals surface area contributed by atoms with Gasteiger partial charge in [-0.15, -0.1) is 0 Å². The van der Waals surface area contributed by atoms with Crippen LogP contribution in [0.15, 0.2) is 0 Å². The molecule has 0 aromatic rings. The molecule has 4 rings (SSSR count). The Kier molecular flexibility index (Phi) is 12.6. The van der Waals surface area contributed by atoms with E-state index in [0.717, 1.165) is 0 Å². The topological polar surface area (TPSA) is 317 Å². The largest absolute Gasteiger partial charge is 0.394 e. The molecule has 19 atom stereocenters. The summed E-state index contributed by atoms with van der Waals surface area (Å²) in [5.41, 5.74) is 0. The van der Waals surface area contributed by atoms with Crippen molar-refractivity contribution in [3.63, 3.8) is 0 Å². The second kappa shape index (κ2) is 15.4. The van der Waals surface area contributed by atoms with Crippen LogP contribution in [0.2, 0.25) is 0 Å². The van der Waals surface area contributed by atoms with Crippen LogP contribution in [0.4, 0.5) is 0 Å². The highest BCUT2D eigenvalue weighted by Crippen LogP contribution is 2.33. The SMILES string of the molecule is CO[C@@H]1[C@H](O)[C@@H](OC[C@H]2OC(O)[C@@H](O[C@@H]3OC[C@@H](O)[C@H](O)[C@H]3O)[C@@H](O[C@H]3O[C@H](CO)[C@@H](O)[C@H](O)[C@@H]3O)[C@@H]2O)O[C@H](CO)[C@H]1O. The molecule has 20 nitrogen and oxygen atoms in total. The van der Waals surface area contributed by atoms with E-state index in [0.29, 0.717) is 0 Å². The minimum atomic E-state index is -2.02. The average molecular weight is 651 g/mol. The third kappa shape index (κ3) is 7.35. The maximum Gasteiger partial charge on any atom is 0.187 e. The summed E-state index contributed by atoms with van der Waals surface area (Å²) >= 11 is 0. The van der Waals surface area contributed by atoms with Crippen LogP contribution in [0.5, 0.6) is 0 Å².